The quantitative estimate of drug-likeness (QED) is 0.521. The predicted molar refractivity (Wildman–Crippen MR) is 42.9 cm³/mol. The van der Waals surface area contributed by atoms with Gasteiger partial charge in [-0.05, 0) is 12.8 Å². The van der Waals surface area contributed by atoms with Gasteiger partial charge in [0.2, 0.25) is 0 Å². The van der Waals surface area contributed by atoms with Gasteiger partial charge in [0.05, 0.1) is 0 Å². The molecule has 1 amide bonds. The topological polar surface area (TPSA) is 32.3 Å². The van der Waals surface area contributed by atoms with Crippen LogP contribution in [-0.2, 0) is 0 Å². The van der Waals surface area contributed by atoms with Crippen LogP contribution in [0.5, 0.6) is 0 Å². The summed E-state index contributed by atoms with van der Waals surface area (Å²) in [5.41, 5.74) is 2.69. The second kappa shape index (κ2) is 3.93. The van der Waals surface area contributed by atoms with Crippen molar-refractivity contribution in [1.82, 2.24) is 10.4 Å². The van der Waals surface area contributed by atoms with Crippen molar-refractivity contribution in [3.63, 3.8) is 0 Å². The summed E-state index contributed by atoms with van der Waals surface area (Å²) in [4.78, 5) is 10.3. The molecule has 1 saturated heterocycles. The van der Waals surface area contributed by atoms with Crippen molar-refractivity contribution in [3.8, 4) is 0 Å². The molecule has 1 N–H and O–H groups in total. The number of amides is 1. The van der Waals surface area contributed by atoms with Gasteiger partial charge < -0.3 is 0 Å². The Labute approximate surface area is 68.9 Å². The summed E-state index contributed by atoms with van der Waals surface area (Å²) < 4.78 is 0. The van der Waals surface area contributed by atoms with Crippen molar-refractivity contribution in [2.45, 2.75) is 19.3 Å². The lowest BCUT2D eigenvalue weighted by Gasteiger charge is -2.25. The van der Waals surface area contributed by atoms with Crippen molar-refractivity contribution >= 4 is 20.7 Å². The number of halogens is 1. The monoisotopic (exact) mass is 206 g/mol. The van der Waals surface area contributed by atoms with E-state index in [1.807, 2.05) is 5.01 Å². The number of rotatable bonds is 1. The maximum atomic E-state index is 10.5. The summed E-state index contributed by atoms with van der Waals surface area (Å²) in [5.74, 6) is 0. The molecule has 0 unspecified atom stereocenters. The largest absolute Gasteiger partial charge is 0.301 e. The molecule has 0 spiro atoms. The molecule has 10 heavy (non-hydrogen) atoms. The van der Waals surface area contributed by atoms with Gasteiger partial charge in [-0.25, -0.2) is 5.01 Å². The highest BCUT2D eigenvalue weighted by Crippen LogP contribution is 2.05. The van der Waals surface area contributed by atoms with Gasteiger partial charge in [-0.3, -0.25) is 10.2 Å². The summed E-state index contributed by atoms with van der Waals surface area (Å²) in [5, 5.41) is 1.95. The van der Waals surface area contributed by atoms with E-state index in [1.165, 1.54) is 19.3 Å². The fraction of sp³-hybridized carbons (Fsp3) is 0.833. The van der Waals surface area contributed by atoms with Gasteiger partial charge in [0, 0.05) is 29.0 Å². The zero-order valence-electron chi connectivity index (χ0n) is 5.77. The highest BCUT2D eigenvalue weighted by molar-refractivity contribution is 9.18. The summed E-state index contributed by atoms with van der Waals surface area (Å²) in [7, 11) is 0. The van der Waals surface area contributed by atoms with Crippen molar-refractivity contribution in [2.24, 2.45) is 0 Å². The van der Waals surface area contributed by atoms with E-state index in [1.54, 1.807) is 0 Å². The number of nitrogens with one attached hydrogen (secondary N) is 1. The molecule has 0 aliphatic carbocycles. The Morgan fingerprint density at radius 3 is 2.40 bits per heavy atom. The van der Waals surface area contributed by atoms with Crippen LogP contribution in [0.2, 0.25) is 0 Å². The molecule has 0 aromatic rings. The summed E-state index contributed by atoms with van der Waals surface area (Å²) in [6.07, 6.45) is 3.66. The van der Waals surface area contributed by atoms with Crippen molar-refractivity contribution in [3.05, 3.63) is 0 Å². The summed E-state index contributed by atoms with van der Waals surface area (Å²) in [6, 6.07) is 0. The van der Waals surface area contributed by atoms with Crippen LogP contribution in [0.1, 0.15) is 19.3 Å². The third-order valence-corrected chi connectivity index (χ3v) is 1.78. The van der Waals surface area contributed by atoms with Crippen molar-refractivity contribution in [2.75, 3.05) is 13.1 Å². The van der Waals surface area contributed by atoms with E-state index in [-0.39, 0.29) is 4.82 Å². The first kappa shape index (κ1) is 8.01. The van der Waals surface area contributed by atoms with Gasteiger partial charge in [-0.15, -0.1) is 0 Å². The summed E-state index contributed by atoms with van der Waals surface area (Å²) >= 11 is 2.82. The fourth-order valence-electron chi connectivity index (χ4n) is 1.13. The van der Waals surface area contributed by atoms with Gasteiger partial charge >= 0.3 is 4.82 Å². The Morgan fingerprint density at radius 1 is 1.30 bits per heavy atom. The summed E-state index contributed by atoms with van der Waals surface area (Å²) in [6.45, 7) is 1.97. The second-order valence-corrected chi connectivity index (χ2v) is 3.15. The van der Waals surface area contributed by atoms with Gasteiger partial charge in [0.1, 0.15) is 0 Å². The lowest BCUT2D eigenvalue weighted by molar-refractivity contribution is 0.168. The lowest BCUT2D eigenvalue weighted by atomic mass is 10.2. The zero-order chi connectivity index (χ0) is 7.40. The SMILES string of the molecule is O=C(Br)NN1CCCCC1. The minimum atomic E-state index is -0.144. The molecule has 0 atom stereocenters. The molecule has 0 radical (unpaired) electrons. The number of carbonyl (C=O) groups excluding carboxylic acids is 1. The molecule has 1 aliphatic rings. The number of nitrogens with zero attached hydrogens (tertiary/aromatic N) is 1. The third kappa shape index (κ3) is 2.66. The Bertz CT molecular complexity index is 123. The molecule has 0 bridgehead atoms. The number of carbonyl (C=O) groups is 1. The molecule has 1 rings (SSSR count). The van der Waals surface area contributed by atoms with Crippen LogP contribution in [0.15, 0.2) is 0 Å². The average Bonchev–Trinajstić information content (AvgIpc) is 1.88. The normalized spacial score (nSPS) is 20.5. The molecule has 0 saturated carbocycles. The van der Waals surface area contributed by atoms with Crippen molar-refractivity contribution in [1.29, 1.82) is 0 Å². The number of hydrazine groups is 1. The first-order chi connectivity index (χ1) is 4.79. The van der Waals surface area contributed by atoms with Gasteiger partial charge in [0.25, 0.3) is 0 Å². The van der Waals surface area contributed by atoms with Crippen LogP contribution >= 0.6 is 15.9 Å². The molecule has 4 heteroatoms. The predicted octanol–water partition coefficient (Wildman–Crippen LogP) is 1.49. The van der Waals surface area contributed by atoms with Gasteiger partial charge in [-0.1, -0.05) is 6.42 Å². The van der Waals surface area contributed by atoms with Crippen LogP contribution in [-0.4, -0.2) is 22.9 Å². The van der Waals surface area contributed by atoms with E-state index in [0.717, 1.165) is 13.1 Å². The molecular weight excluding hydrogens is 196 g/mol. The average molecular weight is 207 g/mol. The van der Waals surface area contributed by atoms with E-state index in [2.05, 4.69) is 21.4 Å². The fourth-order valence-corrected chi connectivity index (χ4v) is 1.38. The second-order valence-electron chi connectivity index (χ2n) is 2.43. The van der Waals surface area contributed by atoms with E-state index < -0.39 is 0 Å². The van der Waals surface area contributed by atoms with E-state index in [9.17, 15) is 4.79 Å². The third-order valence-electron chi connectivity index (χ3n) is 1.60. The van der Waals surface area contributed by atoms with Crippen LogP contribution < -0.4 is 5.43 Å². The minimum absolute atomic E-state index is 0.144. The van der Waals surface area contributed by atoms with E-state index in [0.29, 0.717) is 0 Å². The maximum absolute atomic E-state index is 10.5. The number of piperidine rings is 1. The first-order valence-electron chi connectivity index (χ1n) is 3.50. The Morgan fingerprint density at radius 2 is 1.90 bits per heavy atom. The van der Waals surface area contributed by atoms with Crippen molar-refractivity contribution < 1.29 is 4.79 Å². The minimum Gasteiger partial charge on any atom is -0.279 e. The molecule has 0 aromatic carbocycles. The lowest BCUT2D eigenvalue weighted by Crippen LogP contribution is -2.42. The molecule has 58 valence electrons. The maximum Gasteiger partial charge on any atom is 0.301 e. The van der Waals surface area contributed by atoms with Crippen LogP contribution in [0.3, 0.4) is 0 Å². The van der Waals surface area contributed by atoms with Gasteiger partial charge in [0.15, 0.2) is 0 Å². The number of hydrogen-bond acceptors (Lipinski definition) is 2. The van der Waals surface area contributed by atoms with Gasteiger partial charge in [-0.2, -0.15) is 0 Å². The smallest absolute Gasteiger partial charge is 0.279 e. The molecule has 0 aromatic heterocycles. The Balaban J connectivity index is 2.19. The zero-order valence-corrected chi connectivity index (χ0v) is 7.35. The number of hydrogen-bond donors (Lipinski definition) is 1. The molecular formula is C6H11BrN2O. The van der Waals surface area contributed by atoms with Crippen LogP contribution in [0.25, 0.3) is 0 Å². The molecule has 3 nitrogen and oxygen atoms in total. The Hall–Kier alpha value is -0.0900. The standard InChI is InChI=1S/C6H11BrN2O/c7-6(10)8-9-4-2-1-3-5-9/h1-5H2,(H,8,10). The molecule has 1 heterocycles. The Kier molecular flexibility index (Phi) is 3.15. The van der Waals surface area contributed by atoms with Crippen LogP contribution in [0.4, 0.5) is 4.79 Å². The van der Waals surface area contributed by atoms with E-state index in [4.69, 9.17) is 0 Å². The molecule has 1 aliphatic heterocycles. The van der Waals surface area contributed by atoms with E-state index >= 15 is 0 Å². The highest BCUT2D eigenvalue weighted by Gasteiger charge is 2.10. The van der Waals surface area contributed by atoms with Crippen LogP contribution in [0, 0.1) is 0 Å². The molecule has 1 fully saturated rings. The first-order valence-corrected chi connectivity index (χ1v) is 4.29. The highest BCUT2D eigenvalue weighted by atomic mass is 79.9.